The Hall–Kier alpha value is -1.63. The predicted octanol–water partition coefficient (Wildman–Crippen LogP) is -0.0231. The molecule has 7 nitrogen and oxygen atoms in total. The van der Waals surface area contributed by atoms with Crippen molar-refractivity contribution in [2.75, 3.05) is 6.54 Å². The van der Waals surface area contributed by atoms with E-state index in [9.17, 15) is 14.4 Å². The number of nitrogens with two attached hydrogens (primary N) is 2. The van der Waals surface area contributed by atoms with E-state index in [0.717, 1.165) is 12.8 Å². The molecule has 1 aliphatic rings. The molecule has 5 N–H and O–H groups in total. The minimum absolute atomic E-state index is 0.0306. The Bertz CT molecular complexity index is 453. The van der Waals surface area contributed by atoms with Crippen LogP contribution in [0, 0.1) is 11.8 Å². The molecule has 0 bridgehead atoms. The lowest BCUT2D eigenvalue weighted by Gasteiger charge is -2.31. The minimum Gasteiger partial charge on any atom is -0.368 e. The minimum atomic E-state index is -0.697. The fourth-order valence-electron chi connectivity index (χ4n) is 2.78. The third-order valence-electron chi connectivity index (χ3n) is 4.65. The molecule has 0 aromatic heterocycles. The van der Waals surface area contributed by atoms with Crippen molar-refractivity contribution >= 4 is 17.7 Å². The van der Waals surface area contributed by atoms with Crippen LogP contribution in [0.2, 0.25) is 0 Å². The van der Waals surface area contributed by atoms with Crippen LogP contribution >= 0.6 is 0 Å². The average molecular weight is 326 g/mol. The second-order valence-corrected chi connectivity index (χ2v) is 6.73. The molecule has 1 saturated heterocycles. The fourth-order valence-corrected chi connectivity index (χ4v) is 2.78. The number of amides is 3. The topological polar surface area (TPSA) is 119 Å². The van der Waals surface area contributed by atoms with Crippen LogP contribution in [0.3, 0.4) is 0 Å². The Morgan fingerprint density at radius 2 is 1.87 bits per heavy atom. The Balaban J connectivity index is 2.84. The normalized spacial score (nSPS) is 21.8. The lowest BCUT2D eigenvalue weighted by Crippen LogP contribution is -2.57. The zero-order valence-electron chi connectivity index (χ0n) is 14.5. The number of likely N-dealkylation sites (tertiary alicyclic amines) is 1. The van der Waals surface area contributed by atoms with E-state index in [1.807, 2.05) is 27.7 Å². The standard InChI is InChI=1S/C16H30N4O3/c1-5-10(4)12(17)15(22)19-13(9(2)3)16(23)20-8-6-7-11(20)14(18)21/h9-13H,5-8,17H2,1-4H3,(H2,18,21)(H,19,22)/t10-,11-,12-,13-/m0/s1. The lowest BCUT2D eigenvalue weighted by molar-refractivity contribution is -0.142. The molecule has 0 radical (unpaired) electrons. The molecule has 132 valence electrons. The molecular formula is C16H30N4O3. The van der Waals surface area contributed by atoms with Crippen LogP contribution in [0.1, 0.15) is 47.0 Å². The van der Waals surface area contributed by atoms with Gasteiger partial charge in [0.05, 0.1) is 6.04 Å². The largest absolute Gasteiger partial charge is 0.368 e. The molecule has 1 fully saturated rings. The molecule has 1 rings (SSSR count). The summed E-state index contributed by atoms with van der Waals surface area (Å²) >= 11 is 0. The SMILES string of the molecule is CC[C@H](C)[C@H](N)C(=O)N[C@H](C(=O)N1CCC[C@H]1C(N)=O)C(C)C. The van der Waals surface area contributed by atoms with Crippen LogP contribution in [-0.4, -0.2) is 47.3 Å². The molecular weight excluding hydrogens is 296 g/mol. The zero-order valence-corrected chi connectivity index (χ0v) is 14.5. The number of carbonyl (C=O) groups is 3. The van der Waals surface area contributed by atoms with Gasteiger partial charge in [-0.3, -0.25) is 14.4 Å². The third kappa shape index (κ3) is 4.67. The quantitative estimate of drug-likeness (QED) is 0.609. The smallest absolute Gasteiger partial charge is 0.246 e. The Kier molecular flexibility index (Phi) is 7.00. The van der Waals surface area contributed by atoms with E-state index in [1.54, 1.807) is 0 Å². The number of hydrogen-bond acceptors (Lipinski definition) is 4. The molecule has 4 atom stereocenters. The van der Waals surface area contributed by atoms with Crippen molar-refractivity contribution in [3.8, 4) is 0 Å². The maximum atomic E-state index is 12.8. The maximum Gasteiger partial charge on any atom is 0.246 e. The second-order valence-electron chi connectivity index (χ2n) is 6.73. The molecule has 3 amide bonds. The molecule has 0 aromatic rings. The first-order chi connectivity index (χ1) is 10.7. The fraction of sp³-hybridized carbons (Fsp3) is 0.812. The van der Waals surface area contributed by atoms with Gasteiger partial charge in [-0.15, -0.1) is 0 Å². The highest BCUT2D eigenvalue weighted by Crippen LogP contribution is 2.20. The highest BCUT2D eigenvalue weighted by Gasteiger charge is 2.38. The lowest BCUT2D eigenvalue weighted by atomic mass is 9.97. The number of rotatable bonds is 7. The molecule has 0 spiro atoms. The van der Waals surface area contributed by atoms with Crippen molar-refractivity contribution in [1.29, 1.82) is 0 Å². The van der Waals surface area contributed by atoms with Gasteiger partial charge in [-0.1, -0.05) is 34.1 Å². The summed E-state index contributed by atoms with van der Waals surface area (Å²) in [4.78, 5) is 38.0. The van der Waals surface area contributed by atoms with E-state index in [4.69, 9.17) is 11.5 Å². The van der Waals surface area contributed by atoms with Gasteiger partial charge in [0, 0.05) is 6.54 Å². The predicted molar refractivity (Wildman–Crippen MR) is 88.1 cm³/mol. The Labute approximate surface area is 138 Å². The van der Waals surface area contributed by atoms with Gasteiger partial charge in [0.2, 0.25) is 17.7 Å². The maximum absolute atomic E-state index is 12.8. The van der Waals surface area contributed by atoms with Gasteiger partial charge in [0.15, 0.2) is 0 Å². The summed E-state index contributed by atoms with van der Waals surface area (Å²) in [6.45, 7) is 8.06. The molecule has 7 heteroatoms. The van der Waals surface area contributed by atoms with Gasteiger partial charge in [-0.05, 0) is 24.7 Å². The highest BCUT2D eigenvalue weighted by molar-refractivity contribution is 5.93. The van der Waals surface area contributed by atoms with Crippen LogP contribution < -0.4 is 16.8 Å². The summed E-state index contributed by atoms with van der Waals surface area (Å²) in [7, 11) is 0. The summed E-state index contributed by atoms with van der Waals surface area (Å²) in [6.07, 6.45) is 2.10. The molecule has 1 aliphatic heterocycles. The van der Waals surface area contributed by atoms with Gasteiger partial charge >= 0.3 is 0 Å². The van der Waals surface area contributed by atoms with Crippen LogP contribution in [0.25, 0.3) is 0 Å². The summed E-state index contributed by atoms with van der Waals surface area (Å²) in [6, 6.07) is -1.93. The van der Waals surface area contributed by atoms with Crippen molar-refractivity contribution in [1.82, 2.24) is 10.2 Å². The summed E-state index contributed by atoms with van der Waals surface area (Å²) < 4.78 is 0. The summed E-state index contributed by atoms with van der Waals surface area (Å²) in [5, 5.41) is 2.76. The molecule has 0 aromatic carbocycles. The van der Waals surface area contributed by atoms with Crippen molar-refractivity contribution in [3.05, 3.63) is 0 Å². The molecule has 1 heterocycles. The Morgan fingerprint density at radius 1 is 1.26 bits per heavy atom. The van der Waals surface area contributed by atoms with E-state index in [1.165, 1.54) is 4.90 Å². The van der Waals surface area contributed by atoms with Crippen molar-refractivity contribution in [3.63, 3.8) is 0 Å². The van der Waals surface area contributed by atoms with Gasteiger partial charge in [0.1, 0.15) is 12.1 Å². The van der Waals surface area contributed by atoms with Gasteiger partial charge in [0.25, 0.3) is 0 Å². The van der Waals surface area contributed by atoms with E-state index in [2.05, 4.69) is 5.32 Å². The number of nitrogens with zero attached hydrogens (tertiary/aromatic N) is 1. The molecule has 0 saturated carbocycles. The van der Waals surface area contributed by atoms with Crippen LogP contribution in [0.15, 0.2) is 0 Å². The van der Waals surface area contributed by atoms with Crippen LogP contribution in [0.5, 0.6) is 0 Å². The number of primary amides is 1. The van der Waals surface area contributed by atoms with Gasteiger partial charge in [-0.25, -0.2) is 0 Å². The first-order valence-corrected chi connectivity index (χ1v) is 8.36. The molecule has 23 heavy (non-hydrogen) atoms. The van der Waals surface area contributed by atoms with Crippen molar-refractivity contribution in [2.45, 2.75) is 65.1 Å². The number of carbonyl (C=O) groups excluding carboxylic acids is 3. The second kappa shape index (κ2) is 8.29. The van der Waals surface area contributed by atoms with E-state index in [-0.39, 0.29) is 23.7 Å². The Morgan fingerprint density at radius 3 is 2.35 bits per heavy atom. The van der Waals surface area contributed by atoms with Crippen LogP contribution in [-0.2, 0) is 14.4 Å². The third-order valence-corrected chi connectivity index (χ3v) is 4.65. The first kappa shape index (κ1) is 19.4. The molecule has 0 aliphatic carbocycles. The summed E-state index contributed by atoms with van der Waals surface area (Å²) in [5.41, 5.74) is 11.3. The van der Waals surface area contributed by atoms with E-state index < -0.39 is 24.0 Å². The number of hydrogen-bond donors (Lipinski definition) is 3. The monoisotopic (exact) mass is 326 g/mol. The highest BCUT2D eigenvalue weighted by atomic mass is 16.2. The zero-order chi connectivity index (χ0) is 17.7. The van der Waals surface area contributed by atoms with Crippen molar-refractivity contribution < 1.29 is 14.4 Å². The summed E-state index contributed by atoms with van der Waals surface area (Å²) in [5.74, 6) is -1.17. The van der Waals surface area contributed by atoms with Gasteiger partial charge in [-0.2, -0.15) is 0 Å². The molecule has 0 unspecified atom stereocenters. The van der Waals surface area contributed by atoms with Crippen LogP contribution in [0.4, 0.5) is 0 Å². The van der Waals surface area contributed by atoms with E-state index >= 15 is 0 Å². The van der Waals surface area contributed by atoms with Crippen molar-refractivity contribution in [2.24, 2.45) is 23.3 Å². The first-order valence-electron chi connectivity index (χ1n) is 8.36. The number of nitrogens with one attached hydrogen (secondary N) is 1. The van der Waals surface area contributed by atoms with Gasteiger partial charge < -0.3 is 21.7 Å². The average Bonchev–Trinajstić information content (AvgIpc) is 2.99. The van der Waals surface area contributed by atoms with E-state index in [0.29, 0.717) is 13.0 Å².